The van der Waals surface area contributed by atoms with E-state index in [2.05, 4.69) is 106 Å². The molecule has 0 amide bonds. The summed E-state index contributed by atoms with van der Waals surface area (Å²) >= 11 is 0. The standard InChI is InChI=1S/C64H110O6/c1-4-7-10-13-16-19-22-25-28-30-32-34-36-39-42-45-48-51-54-57-63(66)69-60-61(59-68-62(65)56-53-50-47-44-41-38-35-27-24-21-18-15-12-9-6-3)70-64(67)58-55-52-49-46-43-40-37-33-31-29-26-23-20-17-14-11-8-5-2/h16-17,19-26,29,31,33,37,61H,4-15,18,27-28,30,32,34-36,38-60H2,1-3H3/b19-16-,20-17-,24-21-,25-22-,26-23-,31-29-,37-33-. The second kappa shape index (κ2) is 58.2. The molecule has 0 heterocycles. The van der Waals surface area contributed by atoms with Crippen molar-refractivity contribution in [3.8, 4) is 0 Å². The van der Waals surface area contributed by atoms with Gasteiger partial charge in [0.15, 0.2) is 6.10 Å². The van der Waals surface area contributed by atoms with Crippen molar-refractivity contribution in [1.82, 2.24) is 0 Å². The molecular formula is C64H110O6. The van der Waals surface area contributed by atoms with Gasteiger partial charge < -0.3 is 14.2 Å². The minimum absolute atomic E-state index is 0.0891. The lowest BCUT2D eigenvalue weighted by molar-refractivity contribution is -0.167. The number of esters is 3. The van der Waals surface area contributed by atoms with Crippen LogP contribution in [0.3, 0.4) is 0 Å². The number of rotatable bonds is 53. The Bertz CT molecular complexity index is 1350. The van der Waals surface area contributed by atoms with E-state index in [1.807, 2.05) is 0 Å². The highest BCUT2D eigenvalue weighted by Gasteiger charge is 2.19. The summed E-state index contributed by atoms with van der Waals surface area (Å²) < 4.78 is 16.9. The summed E-state index contributed by atoms with van der Waals surface area (Å²) in [5, 5.41) is 0. The van der Waals surface area contributed by atoms with E-state index in [-0.39, 0.29) is 31.1 Å². The fraction of sp³-hybridized carbons (Fsp3) is 0.734. The lowest BCUT2D eigenvalue weighted by atomic mass is 10.1. The van der Waals surface area contributed by atoms with Crippen molar-refractivity contribution in [2.45, 2.75) is 290 Å². The van der Waals surface area contributed by atoms with Gasteiger partial charge in [-0.2, -0.15) is 0 Å². The van der Waals surface area contributed by atoms with Crippen LogP contribution in [0.1, 0.15) is 284 Å². The first-order chi connectivity index (χ1) is 34.5. The van der Waals surface area contributed by atoms with Crippen LogP contribution < -0.4 is 0 Å². The van der Waals surface area contributed by atoms with Gasteiger partial charge in [-0.15, -0.1) is 0 Å². The monoisotopic (exact) mass is 975 g/mol. The van der Waals surface area contributed by atoms with Gasteiger partial charge in [0, 0.05) is 19.3 Å². The molecule has 0 aliphatic heterocycles. The Labute approximate surface area is 433 Å². The molecule has 70 heavy (non-hydrogen) atoms. The van der Waals surface area contributed by atoms with Gasteiger partial charge >= 0.3 is 17.9 Å². The number of ether oxygens (including phenoxy) is 3. The Morgan fingerprint density at radius 3 is 0.886 bits per heavy atom. The summed E-state index contributed by atoms with van der Waals surface area (Å²) in [7, 11) is 0. The maximum atomic E-state index is 12.9. The number of carbonyl (C=O) groups is 3. The highest BCUT2D eigenvalue weighted by atomic mass is 16.6. The molecule has 0 aliphatic carbocycles. The van der Waals surface area contributed by atoms with Crippen molar-refractivity contribution < 1.29 is 28.6 Å². The summed E-state index contributed by atoms with van der Waals surface area (Å²) in [4.78, 5) is 38.2. The molecule has 0 saturated carbocycles. The van der Waals surface area contributed by atoms with Crippen LogP contribution in [0, 0.1) is 0 Å². The van der Waals surface area contributed by atoms with Gasteiger partial charge in [0.1, 0.15) is 13.2 Å². The van der Waals surface area contributed by atoms with Crippen LogP contribution in [0.5, 0.6) is 0 Å². The third-order valence-electron chi connectivity index (χ3n) is 12.7. The number of allylic oxidation sites excluding steroid dienone is 14. The maximum Gasteiger partial charge on any atom is 0.306 e. The van der Waals surface area contributed by atoms with Crippen molar-refractivity contribution in [1.29, 1.82) is 0 Å². The van der Waals surface area contributed by atoms with Gasteiger partial charge in [-0.1, -0.05) is 254 Å². The number of carbonyl (C=O) groups excluding carboxylic acids is 3. The lowest BCUT2D eigenvalue weighted by Crippen LogP contribution is -2.30. The van der Waals surface area contributed by atoms with Crippen LogP contribution in [0.25, 0.3) is 0 Å². The number of hydrogen-bond acceptors (Lipinski definition) is 6. The summed E-state index contributed by atoms with van der Waals surface area (Å²) in [6.45, 7) is 6.55. The third kappa shape index (κ3) is 55.5. The first-order valence-electron chi connectivity index (χ1n) is 29.7. The second-order valence-corrected chi connectivity index (χ2v) is 19.7. The van der Waals surface area contributed by atoms with Gasteiger partial charge in [0.2, 0.25) is 0 Å². The van der Waals surface area contributed by atoms with Crippen LogP contribution in [-0.2, 0) is 28.6 Å². The molecule has 0 radical (unpaired) electrons. The van der Waals surface area contributed by atoms with E-state index in [0.29, 0.717) is 19.3 Å². The smallest absolute Gasteiger partial charge is 0.306 e. The first kappa shape index (κ1) is 66.6. The molecule has 1 atom stereocenters. The summed E-state index contributed by atoms with van der Waals surface area (Å²) in [6.07, 6.45) is 75.6. The molecule has 6 nitrogen and oxygen atoms in total. The summed E-state index contributed by atoms with van der Waals surface area (Å²) in [5.74, 6) is -0.912. The molecule has 6 heteroatoms. The van der Waals surface area contributed by atoms with E-state index >= 15 is 0 Å². The molecule has 402 valence electrons. The summed E-state index contributed by atoms with van der Waals surface area (Å²) in [5.41, 5.74) is 0. The molecule has 0 saturated heterocycles. The lowest BCUT2D eigenvalue weighted by Gasteiger charge is -2.18. The molecule has 0 aromatic rings. The SMILES string of the molecule is CCCCC\C=C/C=C\C=C/C=C\CCCCCCCC(=O)OC(COC(=O)CCCCCCCCC/C=C\CCCCCC)COC(=O)CCCCCCCCCCCC/C=C\C=C/CCCCC. The third-order valence-corrected chi connectivity index (χ3v) is 12.7. The fourth-order valence-corrected chi connectivity index (χ4v) is 8.20. The number of unbranched alkanes of at least 4 members (excludes halogenated alkanes) is 32. The first-order valence-corrected chi connectivity index (χ1v) is 29.7. The van der Waals surface area contributed by atoms with Crippen LogP contribution in [0.2, 0.25) is 0 Å². The minimum Gasteiger partial charge on any atom is -0.462 e. The van der Waals surface area contributed by atoms with E-state index in [1.165, 1.54) is 161 Å². The molecular weight excluding hydrogens is 865 g/mol. The number of hydrogen-bond donors (Lipinski definition) is 0. The molecule has 0 aromatic heterocycles. The topological polar surface area (TPSA) is 78.9 Å². The molecule has 1 unspecified atom stereocenters. The zero-order valence-electron chi connectivity index (χ0n) is 46.0. The van der Waals surface area contributed by atoms with Gasteiger partial charge in [-0.05, 0) is 96.3 Å². The van der Waals surface area contributed by atoms with Crippen molar-refractivity contribution in [2.75, 3.05) is 13.2 Å². The van der Waals surface area contributed by atoms with E-state index in [0.717, 1.165) is 83.5 Å². The van der Waals surface area contributed by atoms with Gasteiger partial charge in [0.25, 0.3) is 0 Å². The minimum atomic E-state index is -0.793. The van der Waals surface area contributed by atoms with Gasteiger partial charge in [-0.3, -0.25) is 14.4 Å². The molecule has 0 aromatic carbocycles. The summed E-state index contributed by atoms with van der Waals surface area (Å²) in [6, 6.07) is 0. The molecule has 0 fully saturated rings. The van der Waals surface area contributed by atoms with E-state index in [1.54, 1.807) is 0 Å². The average molecular weight is 976 g/mol. The highest BCUT2D eigenvalue weighted by molar-refractivity contribution is 5.71. The van der Waals surface area contributed by atoms with Gasteiger partial charge in [0.05, 0.1) is 0 Å². The second-order valence-electron chi connectivity index (χ2n) is 19.7. The van der Waals surface area contributed by atoms with E-state index in [4.69, 9.17) is 14.2 Å². The van der Waals surface area contributed by atoms with Crippen molar-refractivity contribution in [2.24, 2.45) is 0 Å². The van der Waals surface area contributed by atoms with E-state index in [9.17, 15) is 14.4 Å². The van der Waals surface area contributed by atoms with Crippen LogP contribution in [0.15, 0.2) is 85.1 Å². The Kier molecular flexibility index (Phi) is 55.3. The van der Waals surface area contributed by atoms with Gasteiger partial charge in [-0.25, -0.2) is 0 Å². The van der Waals surface area contributed by atoms with Crippen LogP contribution in [-0.4, -0.2) is 37.2 Å². The van der Waals surface area contributed by atoms with E-state index < -0.39 is 6.10 Å². The Hall–Kier alpha value is -3.41. The largest absolute Gasteiger partial charge is 0.462 e. The predicted molar refractivity (Wildman–Crippen MR) is 302 cm³/mol. The molecule has 0 N–H and O–H groups in total. The van der Waals surface area contributed by atoms with Crippen molar-refractivity contribution >= 4 is 17.9 Å². The average Bonchev–Trinajstić information content (AvgIpc) is 3.36. The zero-order valence-corrected chi connectivity index (χ0v) is 46.0. The van der Waals surface area contributed by atoms with Crippen molar-refractivity contribution in [3.63, 3.8) is 0 Å². The zero-order chi connectivity index (χ0) is 50.7. The van der Waals surface area contributed by atoms with Crippen LogP contribution >= 0.6 is 0 Å². The Morgan fingerprint density at radius 1 is 0.286 bits per heavy atom. The highest BCUT2D eigenvalue weighted by Crippen LogP contribution is 2.15. The molecule has 0 spiro atoms. The normalized spacial score (nSPS) is 12.7. The maximum absolute atomic E-state index is 12.9. The quantitative estimate of drug-likeness (QED) is 0.0199. The Morgan fingerprint density at radius 2 is 0.529 bits per heavy atom. The van der Waals surface area contributed by atoms with Crippen molar-refractivity contribution in [3.05, 3.63) is 85.1 Å². The fourth-order valence-electron chi connectivity index (χ4n) is 8.20. The molecule has 0 aliphatic rings. The molecule has 0 bridgehead atoms. The molecule has 0 rings (SSSR count). The predicted octanol–water partition coefficient (Wildman–Crippen LogP) is 19.9. The Balaban J connectivity index is 4.44. The van der Waals surface area contributed by atoms with Crippen LogP contribution in [0.4, 0.5) is 0 Å².